The van der Waals surface area contributed by atoms with Gasteiger partial charge in [-0.15, -0.1) is 13.2 Å². The fourth-order valence-electron chi connectivity index (χ4n) is 2.71. The second kappa shape index (κ2) is 11.3. The van der Waals surface area contributed by atoms with Crippen LogP contribution in [-0.2, 0) is 20.9 Å². The maximum atomic E-state index is 13.8. The molecule has 0 bridgehead atoms. The first kappa shape index (κ1) is 25.6. The average molecular weight is 470 g/mol. The fraction of sp³-hybridized carbons (Fsp3) is 0.318. The van der Waals surface area contributed by atoms with Gasteiger partial charge in [0, 0.05) is 12.1 Å². The van der Waals surface area contributed by atoms with Crippen LogP contribution in [0.4, 0.5) is 17.6 Å². The fourth-order valence-corrected chi connectivity index (χ4v) is 2.71. The van der Waals surface area contributed by atoms with Gasteiger partial charge in [0.1, 0.15) is 17.6 Å². The van der Waals surface area contributed by atoms with Gasteiger partial charge < -0.3 is 20.1 Å². The van der Waals surface area contributed by atoms with Gasteiger partial charge in [0.05, 0.1) is 5.56 Å². The quantitative estimate of drug-likeness (QED) is 0.433. The number of esters is 1. The molecule has 2 aromatic rings. The van der Waals surface area contributed by atoms with E-state index in [9.17, 15) is 31.9 Å². The molecule has 0 fully saturated rings. The smallest absolute Gasteiger partial charge is 0.454 e. The largest absolute Gasteiger partial charge is 0.573 e. The molecule has 1 atom stereocenters. The van der Waals surface area contributed by atoms with Gasteiger partial charge in [-0.2, -0.15) is 0 Å². The summed E-state index contributed by atoms with van der Waals surface area (Å²) < 4.78 is 60.0. The molecule has 0 heterocycles. The van der Waals surface area contributed by atoms with Crippen LogP contribution in [0.1, 0.15) is 29.8 Å². The Morgan fingerprint density at radius 3 is 2.27 bits per heavy atom. The Morgan fingerprint density at radius 2 is 1.64 bits per heavy atom. The molecule has 11 heteroatoms. The molecule has 0 aliphatic rings. The van der Waals surface area contributed by atoms with Crippen LogP contribution in [-0.4, -0.2) is 36.8 Å². The van der Waals surface area contributed by atoms with E-state index in [-0.39, 0.29) is 17.7 Å². The van der Waals surface area contributed by atoms with Gasteiger partial charge in [-0.25, -0.2) is 9.18 Å². The minimum atomic E-state index is -4.89. The number of nitrogens with one attached hydrogen (secondary N) is 2. The van der Waals surface area contributed by atoms with Gasteiger partial charge in [-0.05, 0) is 24.1 Å². The molecule has 178 valence electrons. The van der Waals surface area contributed by atoms with E-state index in [4.69, 9.17) is 4.74 Å². The molecule has 0 saturated heterocycles. The van der Waals surface area contributed by atoms with Crippen LogP contribution in [0.2, 0.25) is 0 Å². The summed E-state index contributed by atoms with van der Waals surface area (Å²) in [5.74, 6) is -4.21. The molecular weight excluding hydrogens is 448 g/mol. The minimum absolute atomic E-state index is 0.0618. The molecule has 0 radical (unpaired) electrons. The standard InChI is InChI=1S/C22H22F4N2O5/c1-13(2)19(28-20(30)15-8-4-5-9-16(15)23)21(31)32-12-18(29)27-11-14-7-3-6-10-17(14)33-22(24,25)26/h3-10,13,19H,11-12H2,1-2H3,(H,27,29)(H,28,30)/t19-/m0/s1. The molecule has 0 saturated carbocycles. The SMILES string of the molecule is CC(C)[C@H](NC(=O)c1ccccc1F)C(=O)OCC(=O)NCc1ccccc1OC(F)(F)F. The summed E-state index contributed by atoms with van der Waals surface area (Å²) in [7, 11) is 0. The summed E-state index contributed by atoms with van der Waals surface area (Å²) in [6.07, 6.45) is -4.89. The van der Waals surface area contributed by atoms with Gasteiger partial charge in [-0.1, -0.05) is 44.2 Å². The number of hydrogen-bond acceptors (Lipinski definition) is 5. The van der Waals surface area contributed by atoms with E-state index in [1.807, 2.05) is 0 Å². The number of benzene rings is 2. The predicted molar refractivity (Wildman–Crippen MR) is 108 cm³/mol. The molecule has 7 nitrogen and oxygen atoms in total. The van der Waals surface area contributed by atoms with Crippen LogP contribution in [0, 0.1) is 11.7 Å². The Labute approximate surface area is 187 Å². The Morgan fingerprint density at radius 1 is 1.00 bits per heavy atom. The van der Waals surface area contributed by atoms with Gasteiger partial charge in [-0.3, -0.25) is 9.59 Å². The van der Waals surface area contributed by atoms with Crippen molar-refractivity contribution in [2.24, 2.45) is 5.92 Å². The molecule has 2 rings (SSSR count). The number of amides is 2. The Kier molecular flexibility index (Phi) is 8.78. The Balaban J connectivity index is 1.91. The molecule has 2 amide bonds. The van der Waals surface area contributed by atoms with Gasteiger partial charge in [0.15, 0.2) is 6.61 Å². The first-order valence-electron chi connectivity index (χ1n) is 9.80. The molecule has 0 unspecified atom stereocenters. The number of para-hydroxylation sites is 1. The van der Waals surface area contributed by atoms with E-state index in [2.05, 4.69) is 15.4 Å². The van der Waals surface area contributed by atoms with Crippen LogP contribution >= 0.6 is 0 Å². The number of rotatable bonds is 9. The third-order valence-electron chi connectivity index (χ3n) is 4.35. The van der Waals surface area contributed by atoms with Crippen molar-refractivity contribution in [1.82, 2.24) is 10.6 Å². The average Bonchev–Trinajstić information content (AvgIpc) is 2.74. The first-order valence-corrected chi connectivity index (χ1v) is 9.80. The predicted octanol–water partition coefficient (Wildman–Crippen LogP) is 3.34. The molecule has 0 spiro atoms. The lowest BCUT2D eigenvalue weighted by molar-refractivity contribution is -0.274. The van der Waals surface area contributed by atoms with Crippen LogP contribution in [0.25, 0.3) is 0 Å². The topological polar surface area (TPSA) is 93.7 Å². The minimum Gasteiger partial charge on any atom is -0.454 e. The molecule has 0 aromatic heterocycles. The molecule has 0 aliphatic carbocycles. The number of halogens is 4. The van der Waals surface area contributed by atoms with Gasteiger partial charge in [0.2, 0.25) is 0 Å². The number of alkyl halides is 3. The van der Waals surface area contributed by atoms with Crippen LogP contribution in [0.3, 0.4) is 0 Å². The maximum absolute atomic E-state index is 13.8. The van der Waals surface area contributed by atoms with Gasteiger partial charge in [0.25, 0.3) is 11.8 Å². The van der Waals surface area contributed by atoms with Crippen LogP contribution in [0.15, 0.2) is 48.5 Å². The van der Waals surface area contributed by atoms with Crippen molar-refractivity contribution in [1.29, 1.82) is 0 Å². The van der Waals surface area contributed by atoms with Crippen molar-refractivity contribution in [2.45, 2.75) is 32.8 Å². The van der Waals surface area contributed by atoms with Crippen molar-refractivity contribution in [2.75, 3.05) is 6.61 Å². The third kappa shape index (κ3) is 8.09. The van der Waals surface area contributed by atoms with Crippen molar-refractivity contribution in [3.63, 3.8) is 0 Å². The highest BCUT2D eigenvalue weighted by molar-refractivity contribution is 5.97. The highest BCUT2D eigenvalue weighted by Crippen LogP contribution is 2.26. The number of carbonyl (C=O) groups excluding carboxylic acids is 3. The third-order valence-corrected chi connectivity index (χ3v) is 4.35. The number of hydrogen-bond donors (Lipinski definition) is 2. The van der Waals surface area contributed by atoms with Crippen LogP contribution in [0.5, 0.6) is 5.75 Å². The second-order valence-corrected chi connectivity index (χ2v) is 7.21. The van der Waals surface area contributed by atoms with Crippen molar-refractivity contribution < 1.29 is 41.4 Å². The van der Waals surface area contributed by atoms with Crippen molar-refractivity contribution >= 4 is 17.8 Å². The summed E-state index contributed by atoms with van der Waals surface area (Å²) >= 11 is 0. The first-order chi connectivity index (χ1) is 15.5. The zero-order valence-electron chi connectivity index (χ0n) is 17.7. The number of ether oxygens (including phenoxy) is 2. The molecule has 0 aliphatic heterocycles. The van der Waals surface area contributed by atoms with Crippen molar-refractivity contribution in [3.8, 4) is 5.75 Å². The maximum Gasteiger partial charge on any atom is 0.573 e. The monoisotopic (exact) mass is 470 g/mol. The van der Waals surface area contributed by atoms with Gasteiger partial charge >= 0.3 is 12.3 Å². The summed E-state index contributed by atoms with van der Waals surface area (Å²) in [5.41, 5.74) is -0.194. The lowest BCUT2D eigenvalue weighted by atomic mass is 10.0. The molecule has 33 heavy (non-hydrogen) atoms. The van der Waals surface area contributed by atoms with Crippen LogP contribution < -0.4 is 15.4 Å². The van der Waals surface area contributed by atoms with E-state index in [0.717, 1.165) is 12.1 Å². The lowest BCUT2D eigenvalue weighted by Gasteiger charge is -2.21. The Bertz CT molecular complexity index is 995. The summed E-state index contributed by atoms with van der Waals surface area (Å²) in [5, 5.41) is 4.70. The van der Waals surface area contributed by atoms with E-state index in [1.54, 1.807) is 13.8 Å². The molecule has 2 aromatic carbocycles. The highest BCUT2D eigenvalue weighted by Gasteiger charge is 2.32. The van der Waals surface area contributed by atoms with Crippen molar-refractivity contribution in [3.05, 3.63) is 65.5 Å². The molecule has 2 N–H and O–H groups in total. The zero-order chi connectivity index (χ0) is 24.6. The van der Waals surface area contributed by atoms with E-state index >= 15 is 0 Å². The summed E-state index contributed by atoms with van der Waals surface area (Å²) in [4.78, 5) is 36.7. The summed E-state index contributed by atoms with van der Waals surface area (Å²) in [6.45, 7) is 2.19. The van der Waals surface area contributed by atoms with E-state index < -0.39 is 54.3 Å². The Hall–Kier alpha value is -3.63. The zero-order valence-corrected chi connectivity index (χ0v) is 17.7. The normalized spacial score (nSPS) is 12.1. The summed E-state index contributed by atoms with van der Waals surface area (Å²) in [6, 6.07) is 9.30. The second-order valence-electron chi connectivity index (χ2n) is 7.21. The highest BCUT2D eigenvalue weighted by atomic mass is 19.4. The number of carbonyl (C=O) groups is 3. The molecular formula is C22H22F4N2O5. The van der Waals surface area contributed by atoms with E-state index in [1.165, 1.54) is 36.4 Å². The lowest BCUT2D eigenvalue weighted by Crippen LogP contribution is -2.46. The van der Waals surface area contributed by atoms with E-state index in [0.29, 0.717) is 0 Å².